The van der Waals surface area contributed by atoms with E-state index in [0.29, 0.717) is 0 Å². The van der Waals surface area contributed by atoms with E-state index in [9.17, 15) is 4.79 Å². The molecular formula is C10H12N4O. The van der Waals surface area contributed by atoms with Gasteiger partial charge < -0.3 is 5.84 Å². The van der Waals surface area contributed by atoms with Gasteiger partial charge in [0, 0.05) is 0 Å². The van der Waals surface area contributed by atoms with Crippen LogP contribution in [0.1, 0.15) is 11.1 Å². The number of rotatable bonds is 1. The average molecular weight is 204 g/mol. The van der Waals surface area contributed by atoms with Gasteiger partial charge in [0.1, 0.15) is 6.33 Å². The summed E-state index contributed by atoms with van der Waals surface area (Å²) < 4.78 is 2.25. The fraction of sp³-hybridized carbons (Fsp3) is 0.200. The number of nitrogen functional groups attached to an aromatic ring is 1. The molecule has 78 valence electrons. The monoisotopic (exact) mass is 204 g/mol. The second-order valence-corrected chi connectivity index (χ2v) is 3.45. The standard InChI is InChI=1S/C10H12N4O/c1-7-4-3-5-9(8(7)2)14-10(15)13(11)6-12-14/h3-6H,11H2,1-2H3. The van der Waals surface area contributed by atoms with Crippen molar-refractivity contribution in [2.45, 2.75) is 13.8 Å². The summed E-state index contributed by atoms with van der Waals surface area (Å²) in [7, 11) is 0. The average Bonchev–Trinajstić information content (AvgIpc) is 2.53. The number of hydrogen-bond donors (Lipinski definition) is 1. The smallest absolute Gasteiger partial charge is 0.334 e. The first-order chi connectivity index (χ1) is 7.11. The topological polar surface area (TPSA) is 65.8 Å². The van der Waals surface area contributed by atoms with Crippen LogP contribution in [-0.4, -0.2) is 14.5 Å². The highest BCUT2D eigenvalue weighted by Crippen LogP contribution is 2.14. The highest BCUT2D eigenvalue weighted by Gasteiger charge is 2.08. The lowest BCUT2D eigenvalue weighted by Gasteiger charge is -2.06. The molecule has 1 aromatic heterocycles. The van der Waals surface area contributed by atoms with Gasteiger partial charge in [0.15, 0.2) is 0 Å². The normalized spacial score (nSPS) is 10.5. The molecule has 0 aliphatic carbocycles. The van der Waals surface area contributed by atoms with Gasteiger partial charge in [-0.15, -0.1) is 0 Å². The number of hydrogen-bond acceptors (Lipinski definition) is 3. The molecule has 0 saturated heterocycles. The fourth-order valence-electron chi connectivity index (χ4n) is 1.45. The Bertz CT molecular complexity index is 553. The Morgan fingerprint density at radius 2 is 2.07 bits per heavy atom. The number of nitrogens with two attached hydrogens (primary N) is 1. The van der Waals surface area contributed by atoms with E-state index in [-0.39, 0.29) is 5.69 Å². The zero-order valence-electron chi connectivity index (χ0n) is 8.64. The molecule has 2 N–H and O–H groups in total. The van der Waals surface area contributed by atoms with E-state index in [1.807, 2.05) is 32.0 Å². The summed E-state index contributed by atoms with van der Waals surface area (Å²) >= 11 is 0. The summed E-state index contributed by atoms with van der Waals surface area (Å²) in [6.45, 7) is 3.94. The van der Waals surface area contributed by atoms with Crippen LogP contribution in [0.4, 0.5) is 0 Å². The van der Waals surface area contributed by atoms with Gasteiger partial charge >= 0.3 is 5.69 Å². The van der Waals surface area contributed by atoms with Gasteiger partial charge in [-0.2, -0.15) is 14.5 Å². The van der Waals surface area contributed by atoms with Crippen molar-refractivity contribution in [3.8, 4) is 5.69 Å². The number of nitrogens with zero attached hydrogens (tertiary/aromatic N) is 3. The first-order valence-corrected chi connectivity index (χ1v) is 4.59. The van der Waals surface area contributed by atoms with Gasteiger partial charge in [0.2, 0.25) is 0 Å². The van der Waals surface area contributed by atoms with Crippen LogP contribution < -0.4 is 11.5 Å². The van der Waals surface area contributed by atoms with Crippen LogP contribution in [-0.2, 0) is 0 Å². The lowest BCUT2D eigenvalue weighted by Crippen LogP contribution is -2.28. The molecule has 0 aliphatic heterocycles. The third-order valence-corrected chi connectivity index (χ3v) is 2.50. The molecule has 1 heterocycles. The molecule has 0 unspecified atom stereocenters. The number of aromatic nitrogens is 3. The van der Waals surface area contributed by atoms with E-state index in [2.05, 4.69) is 5.10 Å². The van der Waals surface area contributed by atoms with Gasteiger partial charge in [0.05, 0.1) is 5.69 Å². The Morgan fingerprint density at radius 1 is 1.33 bits per heavy atom. The second-order valence-electron chi connectivity index (χ2n) is 3.45. The minimum atomic E-state index is -0.344. The van der Waals surface area contributed by atoms with Crippen molar-refractivity contribution >= 4 is 0 Å². The predicted molar refractivity (Wildman–Crippen MR) is 57.4 cm³/mol. The first kappa shape index (κ1) is 9.51. The molecule has 2 rings (SSSR count). The van der Waals surface area contributed by atoms with Gasteiger partial charge in [-0.05, 0) is 31.0 Å². The highest BCUT2D eigenvalue weighted by atomic mass is 16.2. The Kier molecular flexibility index (Phi) is 2.07. The van der Waals surface area contributed by atoms with E-state index in [4.69, 9.17) is 5.84 Å². The minimum absolute atomic E-state index is 0.344. The van der Waals surface area contributed by atoms with Gasteiger partial charge in [-0.1, -0.05) is 12.1 Å². The second kappa shape index (κ2) is 3.27. The van der Waals surface area contributed by atoms with Crippen LogP contribution in [0.5, 0.6) is 0 Å². The Hall–Kier alpha value is -2.04. The summed E-state index contributed by atoms with van der Waals surface area (Å²) in [6.07, 6.45) is 1.30. The van der Waals surface area contributed by atoms with Crippen LogP contribution in [0, 0.1) is 13.8 Å². The summed E-state index contributed by atoms with van der Waals surface area (Å²) in [4.78, 5) is 11.6. The molecule has 5 heteroatoms. The number of benzene rings is 1. The zero-order valence-corrected chi connectivity index (χ0v) is 8.64. The maximum Gasteiger partial charge on any atom is 0.369 e. The van der Waals surface area contributed by atoms with Crippen molar-refractivity contribution < 1.29 is 0 Å². The molecule has 0 bridgehead atoms. The van der Waals surface area contributed by atoms with Crippen molar-refractivity contribution in [3.63, 3.8) is 0 Å². The Balaban J connectivity index is 2.70. The molecule has 15 heavy (non-hydrogen) atoms. The van der Waals surface area contributed by atoms with E-state index in [1.54, 1.807) is 0 Å². The Labute approximate surface area is 86.7 Å². The lowest BCUT2D eigenvalue weighted by atomic mass is 10.1. The lowest BCUT2D eigenvalue weighted by molar-refractivity contribution is 0.814. The zero-order chi connectivity index (χ0) is 11.0. The summed E-state index contributed by atoms with van der Waals surface area (Å²) in [5, 5.41) is 3.93. The van der Waals surface area contributed by atoms with Crippen LogP contribution in [0.25, 0.3) is 5.69 Å². The SMILES string of the molecule is Cc1cccc(-n2ncn(N)c2=O)c1C. The van der Waals surface area contributed by atoms with Crippen molar-refractivity contribution in [2.75, 3.05) is 5.84 Å². The molecule has 5 nitrogen and oxygen atoms in total. The fourth-order valence-corrected chi connectivity index (χ4v) is 1.45. The summed E-state index contributed by atoms with van der Waals surface area (Å²) in [5.74, 6) is 5.39. The van der Waals surface area contributed by atoms with E-state index in [1.165, 1.54) is 11.0 Å². The molecular weight excluding hydrogens is 192 g/mol. The largest absolute Gasteiger partial charge is 0.369 e. The van der Waals surface area contributed by atoms with Crippen molar-refractivity contribution in [2.24, 2.45) is 0 Å². The maximum atomic E-state index is 11.6. The van der Waals surface area contributed by atoms with Gasteiger partial charge in [-0.3, -0.25) is 0 Å². The van der Waals surface area contributed by atoms with Crippen molar-refractivity contribution in [3.05, 3.63) is 46.1 Å². The van der Waals surface area contributed by atoms with Crippen LogP contribution in [0.2, 0.25) is 0 Å². The molecule has 0 amide bonds. The van der Waals surface area contributed by atoms with E-state index < -0.39 is 0 Å². The van der Waals surface area contributed by atoms with Crippen molar-refractivity contribution in [1.29, 1.82) is 0 Å². The maximum absolute atomic E-state index is 11.6. The summed E-state index contributed by atoms with van der Waals surface area (Å²) in [5.41, 5.74) is 2.57. The molecule has 0 spiro atoms. The first-order valence-electron chi connectivity index (χ1n) is 4.59. The number of aryl methyl sites for hydroxylation is 1. The predicted octanol–water partition coefficient (Wildman–Crippen LogP) is 0.365. The summed E-state index contributed by atoms with van der Waals surface area (Å²) in [6, 6.07) is 5.72. The van der Waals surface area contributed by atoms with Crippen LogP contribution in [0.3, 0.4) is 0 Å². The molecule has 0 radical (unpaired) electrons. The highest BCUT2D eigenvalue weighted by molar-refractivity contribution is 5.43. The van der Waals surface area contributed by atoms with E-state index in [0.717, 1.165) is 21.5 Å². The quantitative estimate of drug-likeness (QED) is 0.682. The molecule has 0 atom stereocenters. The molecule has 1 aromatic carbocycles. The van der Waals surface area contributed by atoms with Gasteiger partial charge in [-0.25, -0.2) is 4.79 Å². The third-order valence-electron chi connectivity index (χ3n) is 2.50. The van der Waals surface area contributed by atoms with Crippen LogP contribution in [0.15, 0.2) is 29.3 Å². The molecule has 0 fully saturated rings. The van der Waals surface area contributed by atoms with E-state index >= 15 is 0 Å². The van der Waals surface area contributed by atoms with Gasteiger partial charge in [0.25, 0.3) is 0 Å². The van der Waals surface area contributed by atoms with Crippen molar-refractivity contribution in [1.82, 2.24) is 14.5 Å². The molecule has 0 saturated carbocycles. The molecule has 0 aliphatic rings. The Morgan fingerprint density at radius 3 is 2.67 bits per heavy atom. The minimum Gasteiger partial charge on any atom is -0.334 e. The van der Waals surface area contributed by atoms with Crippen LogP contribution >= 0.6 is 0 Å². The third kappa shape index (κ3) is 1.41. The molecule has 2 aromatic rings.